The molecule has 1 nitrogen and oxygen atoms in total. The molecule has 0 radical (unpaired) electrons. The van der Waals surface area contributed by atoms with E-state index in [1.54, 1.807) is 12.1 Å². The predicted molar refractivity (Wildman–Crippen MR) is 74.3 cm³/mol. The Morgan fingerprint density at radius 3 is 2.55 bits per heavy atom. The van der Waals surface area contributed by atoms with Crippen molar-refractivity contribution in [1.82, 2.24) is 5.32 Å². The lowest BCUT2D eigenvalue weighted by atomic mass is 9.96. The molecule has 1 aliphatic rings. The van der Waals surface area contributed by atoms with Crippen molar-refractivity contribution in [2.45, 2.75) is 57.8 Å². The Morgan fingerprint density at radius 2 is 1.80 bits per heavy atom. The molecule has 0 saturated heterocycles. The van der Waals surface area contributed by atoms with Gasteiger partial charge in [-0.25, -0.2) is 0 Å². The molecule has 2 unspecified atom stereocenters. The maximum Gasteiger partial charge on any atom is 0.416 e. The molecule has 0 aliphatic heterocycles. The molecule has 4 heteroatoms. The molecule has 1 saturated carbocycles. The van der Waals surface area contributed by atoms with Crippen molar-refractivity contribution in [3.8, 4) is 0 Å². The third kappa shape index (κ3) is 3.98. The molecule has 2 rings (SSSR count). The van der Waals surface area contributed by atoms with E-state index in [0.717, 1.165) is 12.5 Å². The molecule has 0 aromatic heterocycles. The zero-order valence-corrected chi connectivity index (χ0v) is 11.8. The minimum Gasteiger partial charge on any atom is -0.310 e. The highest BCUT2D eigenvalue weighted by Gasteiger charge is 2.33. The molecule has 1 aliphatic carbocycles. The molecule has 112 valence electrons. The number of rotatable bonds is 3. The van der Waals surface area contributed by atoms with Crippen LogP contribution in [0, 0.1) is 5.92 Å². The molecule has 1 N–H and O–H groups in total. The van der Waals surface area contributed by atoms with Crippen LogP contribution in [0.5, 0.6) is 0 Å². The Morgan fingerprint density at radius 1 is 1.10 bits per heavy atom. The highest BCUT2D eigenvalue weighted by Crippen LogP contribution is 2.32. The zero-order valence-electron chi connectivity index (χ0n) is 11.8. The number of alkyl halides is 3. The maximum absolute atomic E-state index is 12.9. The Labute approximate surface area is 118 Å². The second-order valence-electron chi connectivity index (χ2n) is 5.76. The van der Waals surface area contributed by atoms with Gasteiger partial charge in [0.05, 0.1) is 5.56 Å². The molecular formula is C16H22F3N. The second-order valence-corrected chi connectivity index (χ2v) is 5.76. The fraction of sp³-hybridized carbons (Fsp3) is 0.625. The number of benzene rings is 1. The smallest absolute Gasteiger partial charge is 0.310 e. The summed E-state index contributed by atoms with van der Waals surface area (Å²) < 4.78 is 38.8. The number of hydrogen-bond acceptors (Lipinski definition) is 1. The molecular weight excluding hydrogens is 263 g/mol. The number of halogens is 3. The molecule has 0 heterocycles. The molecule has 1 aromatic rings. The van der Waals surface area contributed by atoms with Gasteiger partial charge < -0.3 is 5.32 Å². The standard InChI is InChI=1S/C16H22F3N/c1-12-7-3-2-4-10-15(12)20-11-13-8-5-6-9-14(13)16(17,18)19/h5-6,8-9,12,15,20H,2-4,7,10-11H2,1H3. The largest absolute Gasteiger partial charge is 0.416 e. The molecule has 0 amide bonds. The van der Waals surface area contributed by atoms with E-state index in [9.17, 15) is 13.2 Å². The fourth-order valence-corrected chi connectivity index (χ4v) is 2.99. The van der Waals surface area contributed by atoms with Crippen LogP contribution in [0.2, 0.25) is 0 Å². The second kappa shape index (κ2) is 6.61. The van der Waals surface area contributed by atoms with E-state index in [1.165, 1.54) is 31.7 Å². The van der Waals surface area contributed by atoms with Gasteiger partial charge in [-0.3, -0.25) is 0 Å². The van der Waals surface area contributed by atoms with Crippen LogP contribution in [0.25, 0.3) is 0 Å². The molecule has 1 fully saturated rings. The van der Waals surface area contributed by atoms with E-state index in [1.807, 2.05) is 0 Å². The van der Waals surface area contributed by atoms with Crippen molar-refractivity contribution in [3.05, 3.63) is 35.4 Å². The topological polar surface area (TPSA) is 12.0 Å². The van der Waals surface area contributed by atoms with Crippen LogP contribution >= 0.6 is 0 Å². The van der Waals surface area contributed by atoms with Crippen molar-refractivity contribution in [1.29, 1.82) is 0 Å². The lowest BCUT2D eigenvalue weighted by Crippen LogP contribution is -2.34. The van der Waals surface area contributed by atoms with E-state index < -0.39 is 11.7 Å². The van der Waals surface area contributed by atoms with Gasteiger partial charge in [0, 0.05) is 12.6 Å². The van der Waals surface area contributed by atoms with Gasteiger partial charge in [-0.2, -0.15) is 13.2 Å². The summed E-state index contributed by atoms with van der Waals surface area (Å²) in [6.45, 7) is 2.49. The van der Waals surface area contributed by atoms with Gasteiger partial charge in [-0.1, -0.05) is 44.4 Å². The zero-order chi connectivity index (χ0) is 14.6. The summed E-state index contributed by atoms with van der Waals surface area (Å²) in [5, 5.41) is 3.34. The predicted octanol–water partition coefficient (Wildman–Crippen LogP) is 4.76. The lowest BCUT2D eigenvalue weighted by molar-refractivity contribution is -0.138. The van der Waals surface area contributed by atoms with Crippen LogP contribution in [0.1, 0.15) is 50.2 Å². The third-order valence-electron chi connectivity index (χ3n) is 4.24. The first-order valence-electron chi connectivity index (χ1n) is 7.37. The van der Waals surface area contributed by atoms with E-state index in [-0.39, 0.29) is 0 Å². The van der Waals surface area contributed by atoms with Crippen LogP contribution in [0.3, 0.4) is 0 Å². The summed E-state index contributed by atoms with van der Waals surface area (Å²) in [4.78, 5) is 0. The van der Waals surface area contributed by atoms with E-state index in [4.69, 9.17) is 0 Å². The number of hydrogen-bond donors (Lipinski definition) is 1. The average Bonchev–Trinajstić information content (AvgIpc) is 2.60. The van der Waals surface area contributed by atoms with Crippen LogP contribution in [-0.2, 0) is 12.7 Å². The average molecular weight is 285 g/mol. The summed E-state index contributed by atoms with van der Waals surface area (Å²) in [5.41, 5.74) is -0.176. The highest BCUT2D eigenvalue weighted by molar-refractivity contribution is 5.29. The monoisotopic (exact) mass is 285 g/mol. The van der Waals surface area contributed by atoms with Crippen LogP contribution in [-0.4, -0.2) is 6.04 Å². The minimum atomic E-state index is -4.27. The van der Waals surface area contributed by atoms with Gasteiger partial charge in [0.1, 0.15) is 0 Å². The minimum absolute atomic E-state index is 0.296. The Balaban J connectivity index is 2.03. The first-order chi connectivity index (χ1) is 9.48. The van der Waals surface area contributed by atoms with Gasteiger partial charge in [0.2, 0.25) is 0 Å². The first kappa shape index (κ1) is 15.4. The Hall–Kier alpha value is -1.03. The Kier molecular flexibility index (Phi) is 5.08. The normalized spacial score (nSPS) is 24.4. The van der Waals surface area contributed by atoms with Crippen molar-refractivity contribution in [2.75, 3.05) is 0 Å². The summed E-state index contributed by atoms with van der Waals surface area (Å²) in [6.07, 6.45) is 1.60. The summed E-state index contributed by atoms with van der Waals surface area (Å²) in [5.74, 6) is 0.538. The van der Waals surface area contributed by atoms with Crippen LogP contribution < -0.4 is 5.32 Å². The molecule has 0 spiro atoms. The summed E-state index contributed by atoms with van der Waals surface area (Å²) >= 11 is 0. The summed E-state index contributed by atoms with van der Waals surface area (Å²) in [7, 11) is 0. The van der Waals surface area contributed by atoms with Crippen molar-refractivity contribution in [2.24, 2.45) is 5.92 Å². The third-order valence-corrected chi connectivity index (χ3v) is 4.24. The quantitative estimate of drug-likeness (QED) is 0.789. The van der Waals surface area contributed by atoms with E-state index in [0.29, 0.717) is 24.1 Å². The lowest BCUT2D eigenvalue weighted by Gasteiger charge is -2.24. The van der Waals surface area contributed by atoms with E-state index in [2.05, 4.69) is 12.2 Å². The van der Waals surface area contributed by atoms with Gasteiger partial charge in [0.25, 0.3) is 0 Å². The van der Waals surface area contributed by atoms with Gasteiger partial charge in [-0.05, 0) is 30.4 Å². The summed E-state index contributed by atoms with van der Waals surface area (Å²) in [6, 6.07) is 6.17. The molecule has 20 heavy (non-hydrogen) atoms. The highest BCUT2D eigenvalue weighted by atomic mass is 19.4. The van der Waals surface area contributed by atoms with E-state index >= 15 is 0 Å². The van der Waals surface area contributed by atoms with Gasteiger partial charge >= 0.3 is 6.18 Å². The Bertz CT molecular complexity index is 428. The van der Waals surface area contributed by atoms with Crippen LogP contribution in [0.4, 0.5) is 13.2 Å². The van der Waals surface area contributed by atoms with Crippen LogP contribution in [0.15, 0.2) is 24.3 Å². The fourth-order valence-electron chi connectivity index (χ4n) is 2.99. The molecule has 0 bridgehead atoms. The van der Waals surface area contributed by atoms with Gasteiger partial charge in [0.15, 0.2) is 0 Å². The van der Waals surface area contributed by atoms with Gasteiger partial charge in [-0.15, -0.1) is 0 Å². The molecule has 1 aromatic carbocycles. The molecule has 2 atom stereocenters. The number of nitrogens with one attached hydrogen (secondary N) is 1. The van der Waals surface area contributed by atoms with Crippen molar-refractivity contribution < 1.29 is 13.2 Å². The van der Waals surface area contributed by atoms with Crippen molar-refractivity contribution >= 4 is 0 Å². The van der Waals surface area contributed by atoms with Crippen molar-refractivity contribution in [3.63, 3.8) is 0 Å². The first-order valence-corrected chi connectivity index (χ1v) is 7.37. The SMILES string of the molecule is CC1CCCCCC1NCc1ccccc1C(F)(F)F. The maximum atomic E-state index is 12.9.